The quantitative estimate of drug-likeness (QED) is 0.488. The van der Waals surface area contributed by atoms with Crippen LogP contribution in [0.15, 0.2) is 66.3 Å². The van der Waals surface area contributed by atoms with E-state index in [1.54, 1.807) is 0 Å². The monoisotopic (exact) mass is 328 g/mol. The first-order valence-corrected chi connectivity index (χ1v) is 9.01. The summed E-state index contributed by atoms with van der Waals surface area (Å²) in [7, 11) is 0. The van der Waals surface area contributed by atoms with Crippen LogP contribution in [0.2, 0.25) is 0 Å². The Bertz CT molecular complexity index is 773. The minimum Gasteiger partial charge on any atom is -0.0955 e. The first-order valence-electron chi connectivity index (χ1n) is 9.01. The third-order valence-corrected chi connectivity index (χ3v) is 4.61. The van der Waals surface area contributed by atoms with E-state index < -0.39 is 0 Å². The number of rotatable bonds is 7. The third kappa shape index (κ3) is 5.50. The molecule has 25 heavy (non-hydrogen) atoms. The van der Waals surface area contributed by atoms with Crippen molar-refractivity contribution in [3.8, 4) is 0 Å². The molecule has 2 aromatic rings. The SMILES string of the molecule is C=C(CCc1cc#ccc1)/C(=C/C=C(\C)c1ccc(C)cc1C)CC. The Morgan fingerprint density at radius 2 is 1.92 bits per heavy atom. The molecule has 0 bridgehead atoms. The maximum absolute atomic E-state index is 4.31. The van der Waals surface area contributed by atoms with E-state index in [2.05, 4.69) is 82.8 Å². The average molecular weight is 328 g/mol. The van der Waals surface area contributed by atoms with Crippen molar-refractivity contribution in [1.82, 2.24) is 0 Å². The first-order chi connectivity index (χ1) is 12.0. The molecule has 0 heteroatoms. The molecule has 0 amide bonds. The molecule has 0 spiro atoms. The van der Waals surface area contributed by atoms with E-state index in [1.165, 1.54) is 39.0 Å². The summed E-state index contributed by atoms with van der Waals surface area (Å²) >= 11 is 0. The van der Waals surface area contributed by atoms with Gasteiger partial charge in [0.1, 0.15) is 0 Å². The second-order valence-electron chi connectivity index (χ2n) is 6.66. The fraction of sp³-hybridized carbons (Fsp3) is 0.280. The lowest BCUT2D eigenvalue weighted by molar-refractivity contribution is 0.929. The van der Waals surface area contributed by atoms with Crippen LogP contribution in [0, 0.1) is 26.0 Å². The molecule has 0 atom stereocenters. The van der Waals surface area contributed by atoms with Gasteiger partial charge in [-0.15, -0.1) is 0 Å². The summed E-state index contributed by atoms with van der Waals surface area (Å²) in [6, 6.07) is 18.6. The molecule has 2 aromatic carbocycles. The van der Waals surface area contributed by atoms with Crippen molar-refractivity contribution in [2.45, 2.75) is 47.0 Å². The second-order valence-corrected chi connectivity index (χ2v) is 6.66. The highest BCUT2D eigenvalue weighted by Gasteiger charge is 2.03. The van der Waals surface area contributed by atoms with Crippen LogP contribution in [0.4, 0.5) is 0 Å². The van der Waals surface area contributed by atoms with Crippen LogP contribution in [0.1, 0.15) is 48.9 Å². The highest BCUT2D eigenvalue weighted by Crippen LogP contribution is 2.22. The molecule has 0 saturated carbocycles. The Morgan fingerprint density at radius 1 is 1.12 bits per heavy atom. The Morgan fingerprint density at radius 3 is 2.56 bits per heavy atom. The molecule has 128 valence electrons. The lowest BCUT2D eigenvalue weighted by Crippen LogP contribution is -1.92. The molecule has 0 N–H and O–H groups in total. The van der Waals surface area contributed by atoms with Crippen LogP contribution in [-0.4, -0.2) is 0 Å². The van der Waals surface area contributed by atoms with Gasteiger partial charge in [0.05, 0.1) is 0 Å². The van der Waals surface area contributed by atoms with Gasteiger partial charge < -0.3 is 0 Å². The molecule has 0 saturated heterocycles. The van der Waals surface area contributed by atoms with Crippen LogP contribution < -0.4 is 0 Å². The Hall–Kier alpha value is -2.52. The van der Waals surface area contributed by atoms with Gasteiger partial charge in [0.25, 0.3) is 0 Å². The number of hydrogen-bond donors (Lipinski definition) is 0. The van der Waals surface area contributed by atoms with Crippen molar-refractivity contribution in [1.29, 1.82) is 0 Å². The van der Waals surface area contributed by atoms with Crippen molar-refractivity contribution >= 4 is 5.57 Å². The van der Waals surface area contributed by atoms with Crippen LogP contribution in [0.3, 0.4) is 0 Å². The molecule has 2 rings (SSSR count). The summed E-state index contributed by atoms with van der Waals surface area (Å²) < 4.78 is 0. The maximum Gasteiger partial charge on any atom is -0.00829 e. The molecule has 0 nitrogen and oxygen atoms in total. The fourth-order valence-electron chi connectivity index (χ4n) is 3.05. The summed E-state index contributed by atoms with van der Waals surface area (Å²) in [6.07, 6.45) is 7.45. The van der Waals surface area contributed by atoms with Crippen LogP contribution in [0.25, 0.3) is 5.57 Å². The van der Waals surface area contributed by atoms with Crippen molar-refractivity contribution in [2.24, 2.45) is 0 Å². The highest BCUT2D eigenvalue weighted by atomic mass is 14.1. The van der Waals surface area contributed by atoms with Crippen molar-refractivity contribution < 1.29 is 0 Å². The zero-order valence-electron chi connectivity index (χ0n) is 15.9. The maximum atomic E-state index is 4.31. The van der Waals surface area contributed by atoms with Gasteiger partial charge >= 0.3 is 0 Å². The molecule has 0 unspecified atom stereocenters. The average Bonchev–Trinajstić information content (AvgIpc) is 2.61. The molecule has 0 aliphatic rings. The summed E-state index contributed by atoms with van der Waals surface area (Å²) in [4.78, 5) is 0. The van der Waals surface area contributed by atoms with Gasteiger partial charge in [-0.25, -0.2) is 0 Å². The summed E-state index contributed by atoms with van der Waals surface area (Å²) in [5.41, 5.74) is 9.09. The van der Waals surface area contributed by atoms with Gasteiger partial charge in [0.15, 0.2) is 0 Å². The lowest BCUT2D eigenvalue weighted by atomic mass is 9.96. The van der Waals surface area contributed by atoms with Crippen molar-refractivity contribution in [3.63, 3.8) is 0 Å². The Kier molecular flexibility index (Phi) is 6.84. The molecule has 0 fully saturated rings. The van der Waals surface area contributed by atoms with Gasteiger partial charge in [-0.2, -0.15) is 0 Å². The molecule has 0 heterocycles. The van der Waals surface area contributed by atoms with E-state index in [0.29, 0.717) is 0 Å². The largest absolute Gasteiger partial charge is 0.0955 e. The molecular formula is C25H28. The number of hydrogen-bond acceptors (Lipinski definition) is 0. The van der Waals surface area contributed by atoms with Gasteiger partial charge in [0.2, 0.25) is 0 Å². The second kappa shape index (κ2) is 9.09. The zero-order chi connectivity index (χ0) is 18.2. The fourth-order valence-corrected chi connectivity index (χ4v) is 3.05. The summed E-state index contributed by atoms with van der Waals surface area (Å²) in [6.45, 7) is 13.0. The van der Waals surface area contributed by atoms with E-state index in [-0.39, 0.29) is 0 Å². The van der Waals surface area contributed by atoms with Crippen molar-refractivity contribution in [2.75, 3.05) is 0 Å². The number of aryl methyl sites for hydroxylation is 3. The zero-order valence-corrected chi connectivity index (χ0v) is 15.9. The summed E-state index contributed by atoms with van der Waals surface area (Å²) in [5.74, 6) is 0. The lowest BCUT2D eigenvalue weighted by Gasteiger charge is -2.10. The predicted octanol–water partition coefficient (Wildman–Crippen LogP) is 6.83. The smallest absolute Gasteiger partial charge is 0.00829 e. The Labute approximate surface area is 153 Å². The Balaban J connectivity index is 2.08. The first kappa shape index (κ1) is 18.8. The van der Waals surface area contributed by atoms with Crippen LogP contribution in [-0.2, 0) is 6.42 Å². The van der Waals surface area contributed by atoms with Crippen LogP contribution >= 0.6 is 0 Å². The predicted molar refractivity (Wildman–Crippen MR) is 110 cm³/mol. The van der Waals surface area contributed by atoms with E-state index in [1.807, 2.05) is 12.1 Å². The summed E-state index contributed by atoms with van der Waals surface area (Å²) in [5, 5.41) is 0. The molecule has 0 aromatic heterocycles. The van der Waals surface area contributed by atoms with E-state index >= 15 is 0 Å². The molecule has 0 radical (unpaired) electrons. The molecular weight excluding hydrogens is 300 g/mol. The van der Waals surface area contributed by atoms with Gasteiger partial charge in [-0.1, -0.05) is 67.1 Å². The minimum absolute atomic E-state index is 0.980. The topological polar surface area (TPSA) is 0 Å². The standard InChI is InChI=1S/C25H28/c1-6-24(20(3)13-15-23-10-8-7-9-11-23)16-14-21(4)25-17-12-19(2)18-22(25)5/h8,10-12,14,16-18H,3,6,13,15H2,1-2,4-5H3/b21-14+,24-16+. The molecule has 0 aliphatic carbocycles. The highest BCUT2D eigenvalue weighted by molar-refractivity contribution is 5.68. The minimum atomic E-state index is 0.980. The normalized spacial score (nSPS) is 12.0. The van der Waals surface area contributed by atoms with Gasteiger partial charge in [0, 0.05) is 0 Å². The van der Waals surface area contributed by atoms with E-state index in [4.69, 9.17) is 0 Å². The van der Waals surface area contributed by atoms with Crippen LogP contribution in [0.5, 0.6) is 0 Å². The van der Waals surface area contributed by atoms with Gasteiger partial charge in [-0.3, -0.25) is 0 Å². The van der Waals surface area contributed by atoms with Crippen molar-refractivity contribution in [3.05, 3.63) is 101 Å². The van der Waals surface area contributed by atoms with E-state index in [9.17, 15) is 0 Å². The number of benzene rings is 1. The van der Waals surface area contributed by atoms with E-state index in [0.717, 1.165) is 19.3 Å². The number of allylic oxidation sites excluding steroid dienone is 5. The third-order valence-electron chi connectivity index (χ3n) is 4.61. The molecule has 0 aliphatic heterocycles. The van der Waals surface area contributed by atoms with Gasteiger partial charge in [-0.05, 0) is 86.1 Å².